The number of carboxylic acid groups (broad SMARTS) is 1. The van der Waals surface area contributed by atoms with E-state index in [0.717, 1.165) is 0 Å². The average Bonchev–Trinajstić information content (AvgIpc) is 2.30. The Hall–Kier alpha value is -1.65. The maximum Gasteiger partial charge on any atom is 0.314 e. The van der Waals surface area contributed by atoms with E-state index in [9.17, 15) is 18.7 Å². The molecular formula is C13H15F2NO2. The molecule has 0 aliphatic heterocycles. The number of benzene rings is 1. The molecule has 0 spiro atoms. The molecule has 1 aromatic carbocycles. The predicted molar refractivity (Wildman–Crippen MR) is 63.6 cm³/mol. The van der Waals surface area contributed by atoms with E-state index in [-0.39, 0.29) is 12.8 Å². The Bertz CT molecular complexity index is 464. The van der Waals surface area contributed by atoms with Crippen molar-refractivity contribution in [3.63, 3.8) is 0 Å². The van der Waals surface area contributed by atoms with Crippen LogP contribution in [0, 0.1) is 0 Å². The van der Waals surface area contributed by atoms with Crippen LogP contribution in [0.4, 0.5) is 14.5 Å². The van der Waals surface area contributed by atoms with Crippen LogP contribution in [0.15, 0.2) is 24.3 Å². The van der Waals surface area contributed by atoms with E-state index in [0.29, 0.717) is 11.3 Å². The van der Waals surface area contributed by atoms with E-state index in [1.54, 1.807) is 24.3 Å². The van der Waals surface area contributed by atoms with Crippen molar-refractivity contribution in [3.05, 3.63) is 29.8 Å². The van der Waals surface area contributed by atoms with Gasteiger partial charge in [0.05, 0.1) is 5.41 Å². The van der Waals surface area contributed by atoms with Crippen LogP contribution in [0.1, 0.15) is 31.2 Å². The Labute approximate surface area is 104 Å². The number of para-hydroxylation sites is 1. The summed E-state index contributed by atoms with van der Waals surface area (Å²) in [6.07, 6.45) is -0.978. The van der Waals surface area contributed by atoms with E-state index in [1.807, 2.05) is 0 Å². The second-order valence-corrected chi connectivity index (χ2v) is 4.83. The van der Waals surface area contributed by atoms with Crippen molar-refractivity contribution in [2.24, 2.45) is 0 Å². The summed E-state index contributed by atoms with van der Waals surface area (Å²) in [5.41, 5.74) is 5.32. The van der Waals surface area contributed by atoms with Crippen molar-refractivity contribution < 1.29 is 18.7 Å². The molecule has 0 bridgehead atoms. The molecule has 1 fully saturated rings. The second kappa shape index (κ2) is 4.23. The minimum atomic E-state index is -2.76. The van der Waals surface area contributed by atoms with Crippen LogP contribution in [0.25, 0.3) is 0 Å². The molecule has 3 nitrogen and oxygen atoms in total. The van der Waals surface area contributed by atoms with Gasteiger partial charge in [-0.1, -0.05) is 18.2 Å². The summed E-state index contributed by atoms with van der Waals surface area (Å²) >= 11 is 0. The molecule has 3 N–H and O–H groups in total. The van der Waals surface area contributed by atoms with Gasteiger partial charge in [-0.25, -0.2) is 8.78 Å². The van der Waals surface area contributed by atoms with E-state index < -0.39 is 30.1 Å². The quantitative estimate of drug-likeness (QED) is 0.799. The van der Waals surface area contributed by atoms with Gasteiger partial charge in [0.1, 0.15) is 0 Å². The molecule has 1 aromatic rings. The van der Waals surface area contributed by atoms with Crippen molar-refractivity contribution in [3.8, 4) is 0 Å². The summed E-state index contributed by atoms with van der Waals surface area (Å²) in [5.74, 6) is -3.83. The van der Waals surface area contributed by atoms with Crippen LogP contribution in [-0.2, 0) is 10.2 Å². The van der Waals surface area contributed by atoms with Crippen LogP contribution in [0.3, 0.4) is 0 Å². The molecule has 0 atom stereocenters. The zero-order valence-corrected chi connectivity index (χ0v) is 9.83. The highest BCUT2D eigenvalue weighted by atomic mass is 19.3. The number of alkyl halides is 2. The first kappa shape index (κ1) is 12.8. The molecule has 0 amide bonds. The van der Waals surface area contributed by atoms with Gasteiger partial charge in [0.2, 0.25) is 5.92 Å². The van der Waals surface area contributed by atoms with Crippen LogP contribution in [-0.4, -0.2) is 17.0 Å². The summed E-state index contributed by atoms with van der Waals surface area (Å²) in [7, 11) is 0. The van der Waals surface area contributed by atoms with E-state index in [4.69, 9.17) is 5.73 Å². The molecule has 5 heteroatoms. The first-order valence-corrected chi connectivity index (χ1v) is 5.84. The highest BCUT2D eigenvalue weighted by molar-refractivity contribution is 5.84. The van der Waals surface area contributed by atoms with Crippen molar-refractivity contribution in [2.45, 2.75) is 37.0 Å². The second-order valence-electron chi connectivity index (χ2n) is 4.83. The standard InChI is InChI=1S/C13H15F2NO2/c14-13(15)7-5-12(6-8-13,11(17)18)9-3-1-2-4-10(9)16/h1-4H,5-8,16H2,(H,17,18). The number of nitrogen functional groups attached to an aromatic ring is 1. The van der Waals surface area contributed by atoms with Crippen LogP contribution in [0.5, 0.6) is 0 Å². The van der Waals surface area contributed by atoms with Crippen LogP contribution >= 0.6 is 0 Å². The van der Waals surface area contributed by atoms with Crippen molar-refractivity contribution >= 4 is 11.7 Å². The lowest BCUT2D eigenvalue weighted by Gasteiger charge is -2.37. The largest absolute Gasteiger partial charge is 0.481 e. The van der Waals surface area contributed by atoms with Gasteiger partial charge in [0, 0.05) is 18.5 Å². The highest BCUT2D eigenvalue weighted by Gasteiger charge is 2.49. The van der Waals surface area contributed by atoms with E-state index >= 15 is 0 Å². The Morgan fingerprint density at radius 1 is 1.17 bits per heavy atom. The van der Waals surface area contributed by atoms with Gasteiger partial charge in [-0.15, -0.1) is 0 Å². The first-order chi connectivity index (χ1) is 8.37. The summed E-state index contributed by atoms with van der Waals surface area (Å²) in [4.78, 5) is 11.5. The summed E-state index contributed by atoms with van der Waals surface area (Å²) in [6, 6.07) is 6.61. The highest BCUT2D eigenvalue weighted by Crippen LogP contribution is 2.47. The van der Waals surface area contributed by atoms with Gasteiger partial charge in [0.15, 0.2) is 0 Å². The minimum absolute atomic E-state index is 0.0798. The Kier molecular flexibility index (Phi) is 3.00. The lowest BCUT2D eigenvalue weighted by Crippen LogP contribution is -2.43. The number of anilines is 1. The number of hydrogen-bond donors (Lipinski definition) is 2. The number of rotatable bonds is 2. The average molecular weight is 255 g/mol. The lowest BCUT2D eigenvalue weighted by atomic mass is 9.68. The molecule has 0 aromatic heterocycles. The summed E-state index contributed by atoms with van der Waals surface area (Å²) in [5, 5.41) is 9.44. The molecule has 2 rings (SSSR count). The molecule has 0 radical (unpaired) electrons. The fourth-order valence-electron chi connectivity index (χ4n) is 2.57. The normalized spacial score (nSPS) is 21.4. The van der Waals surface area contributed by atoms with E-state index in [2.05, 4.69) is 0 Å². The molecular weight excluding hydrogens is 240 g/mol. The smallest absolute Gasteiger partial charge is 0.314 e. The third-order valence-corrected chi connectivity index (χ3v) is 3.72. The number of hydrogen-bond acceptors (Lipinski definition) is 2. The van der Waals surface area contributed by atoms with E-state index in [1.165, 1.54) is 0 Å². The van der Waals surface area contributed by atoms with Crippen molar-refractivity contribution in [2.75, 3.05) is 5.73 Å². The van der Waals surface area contributed by atoms with Crippen LogP contribution in [0.2, 0.25) is 0 Å². The maximum atomic E-state index is 13.2. The Balaban J connectivity index is 2.42. The third-order valence-electron chi connectivity index (χ3n) is 3.72. The molecule has 18 heavy (non-hydrogen) atoms. The van der Waals surface area contributed by atoms with Gasteiger partial charge >= 0.3 is 5.97 Å². The number of carboxylic acids is 1. The maximum absolute atomic E-state index is 13.2. The number of halogens is 2. The SMILES string of the molecule is Nc1ccccc1C1(C(=O)O)CCC(F)(F)CC1. The third kappa shape index (κ3) is 2.05. The summed E-state index contributed by atoms with van der Waals surface area (Å²) < 4.78 is 26.4. The molecule has 0 saturated heterocycles. The Morgan fingerprint density at radius 2 is 1.72 bits per heavy atom. The van der Waals surface area contributed by atoms with Gasteiger partial charge in [0.25, 0.3) is 0 Å². The van der Waals surface area contributed by atoms with Gasteiger partial charge < -0.3 is 10.8 Å². The monoisotopic (exact) mass is 255 g/mol. The molecule has 1 aliphatic carbocycles. The number of nitrogens with two attached hydrogens (primary N) is 1. The van der Waals surface area contributed by atoms with Crippen molar-refractivity contribution in [1.29, 1.82) is 0 Å². The number of carbonyl (C=O) groups is 1. The summed E-state index contributed by atoms with van der Waals surface area (Å²) in [6.45, 7) is 0. The fourth-order valence-corrected chi connectivity index (χ4v) is 2.57. The van der Waals surface area contributed by atoms with Crippen LogP contribution < -0.4 is 5.73 Å². The molecule has 1 saturated carbocycles. The zero-order valence-electron chi connectivity index (χ0n) is 9.83. The Morgan fingerprint density at radius 3 is 2.22 bits per heavy atom. The fraction of sp³-hybridized carbons (Fsp3) is 0.462. The first-order valence-electron chi connectivity index (χ1n) is 5.84. The minimum Gasteiger partial charge on any atom is -0.481 e. The number of aliphatic carboxylic acids is 1. The topological polar surface area (TPSA) is 63.3 Å². The van der Waals surface area contributed by atoms with Gasteiger partial charge in [-0.2, -0.15) is 0 Å². The van der Waals surface area contributed by atoms with Gasteiger partial charge in [-0.05, 0) is 24.5 Å². The molecule has 98 valence electrons. The van der Waals surface area contributed by atoms with Gasteiger partial charge in [-0.3, -0.25) is 4.79 Å². The van der Waals surface area contributed by atoms with Crippen molar-refractivity contribution in [1.82, 2.24) is 0 Å². The predicted octanol–water partition coefficient (Wildman–Crippen LogP) is 2.80. The molecule has 1 aliphatic rings. The zero-order chi connectivity index (χ0) is 13.4. The molecule has 0 unspecified atom stereocenters. The lowest BCUT2D eigenvalue weighted by molar-refractivity contribution is -0.149. The molecule has 0 heterocycles.